The minimum Gasteiger partial charge on any atom is -0.309 e. The fraction of sp³-hybridized carbons (Fsp3) is 0.0968. The molecule has 1 nitrogen and oxygen atoms in total. The van der Waals surface area contributed by atoms with Crippen molar-refractivity contribution in [2.75, 3.05) is 4.90 Å². The van der Waals surface area contributed by atoms with Gasteiger partial charge in [-0.2, -0.15) is 0 Å². The summed E-state index contributed by atoms with van der Waals surface area (Å²) < 4.78 is 2.63. The fourth-order valence-electron chi connectivity index (χ4n) is 10.8. The number of rotatable bonds is 7. The highest BCUT2D eigenvalue weighted by Crippen LogP contribution is 2.55. The maximum absolute atomic E-state index is 2.54. The molecule has 0 amide bonds. The monoisotopic (exact) mass is 837 g/mol. The molecule has 2 heteroatoms. The van der Waals surface area contributed by atoms with E-state index in [1.807, 2.05) is 11.3 Å². The summed E-state index contributed by atoms with van der Waals surface area (Å²) in [7, 11) is 0. The van der Waals surface area contributed by atoms with Gasteiger partial charge in [0, 0.05) is 42.4 Å². The summed E-state index contributed by atoms with van der Waals surface area (Å²) in [5, 5.41) is 5.17. The molecule has 0 bridgehead atoms. The van der Waals surface area contributed by atoms with Crippen LogP contribution in [0.25, 0.3) is 81.0 Å². The van der Waals surface area contributed by atoms with Gasteiger partial charge in [0.2, 0.25) is 0 Å². The van der Waals surface area contributed by atoms with E-state index in [0.717, 1.165) is 23.5 Å². The van der Waals surface area contributed by atoms with Crippen LogP contribution in [0.3, 0.4) is 0 Å². The number of allylic oxidation sites excluding steroid dienone is 4. The summed E-state index contributed by atoms with van der Waals surface area (Å²) in [6, 6.07) is 72.6. The second-order valence-corrected chi connectivity index (χ2v) is 19.1. The highest BCUT2D eigenvalue weighted by molar-refractivity contribution is 7.26. The summed E-state index contributed by atoms with van der Waals surface area (Å²) in [5.74, 6) is 0.490. The fourth-order valence-corrected chi connectivity index (χ4v) is 12.1. The molecule has 0 saturated heterocycles. The van der Waals surface area contributed by atoms with Gasteiger partial charge >= 0.3 is 0 Å². The Morgan fingerprint density at radius 2 is 1.11 bits per heavy atom. The average Bonchev–Trinajstić information content (AvgIpc) is 3.84. The van der Waals surface area contributed by atoms with E-state index in [-0.39, 0.29) is 5.41 Å². The molecule has 0 spiro atoms. The van der Waals surface area contributed by atoms with Gasteiger partial charge in [0.05, 0.1) is 11.4 Å². The number of hydrogen-bond acceptors (Lipinski definition) is 2. The van der Waals surface area contributed by atoms with Crippen molar-refractivity contribution in [3.05, 3.63) is 229 Å². The van der Waals surface area contributed by atoms with Crippen LogP contribution in [0.2, 0.25) is 0 Å². The Morgan fingerprint density at radius 3 is 1.92 bits per heavy atom. The van der Waals surface area contributed by atoms with E-state index in [1.54, 1.807) is 0 Å². The molecule has 1 heterocycles. The average molecular weight is 838 g/mol. The Kier molecular flexibility index (Phi) is 9.14. The summed E-state index contributed by atoms with van der Waals surface area (Å²) in [6.07, 6.45) is 7.90. The molecule has 0 aliphatic heterocycles. The first-order valence-corrected chi connectivity index (χ1v) is 23.4. The lowest BCUT2D eigenvalue weighted by Crippen LogP contribution is -2.15. The number of nitrogens with zero attached hydrogens (tertiary/aromatic N) is 1. The van der Waals surface area contributed by atoms with Crippen molar-refractivity contribution in [1.29, 1.82) is 0 Å². The van der Waals surface area contributed by atoms with E-state index in [2.05, 4.69) is 238 Å². The number of benzene rings is 9. The summed E-state index contributed by atoms with van der Waals surface area (Å²) >= 11 is 1.89. The third-order valence-corrected chi connectivity index (χ3v) is 15.0. The van der Waals surface area contributed by atoms with Crippen LogP contribution in [-0.2, 0) is 5.41 Å². The Hall–Kier alpha value is -7.26. The largest absolute Gasteiger partial charge is 0.309 e. The number of fused-ring (bicyclic) bond motifs is 7. The van der Waals surface area contributed by atoms with E-state index < -0.39 is 0 Å². The Labute approximate surface area is 379 Å². The molecule has 2 aliphatic rings. The SMILES string of the molecule is CC1C=CC=C(c2cccc3cccc(-c4ccccc4N(c4cccc(-c5cccc6c5sc5ccccc56)c4)c4ccccc4-c4cccc5c4-c4ccccc4C5(C)C)c23)C1. The van der Waals surface area contributed by atoms with Gasteiger partial charge in [0.25, 0.3) is 0 Å². The number of para-hydroxylation sites is 2. The van der Waals surface area contributed by atoms with Crippen molar-refractivity contribution in [1.82, 2.24) is 0 Å². The molecular weight excluding hydrogens is 791 g/mol. The zero-order chi connectivity index (χ0) is 42.9. The maximum Gasteiger partial charge on any atom is 0.0540 e. The minimum absolute atomic E-state index is 0.113. The Balaban J connectivity index is 1.12. The molecule has 0 radical (unpaired) electrons. The predicted molar refractivity (Wildman–Crippen MR) is 276 cm³/mol. The topological polar surface area (TPSA) is 3.24 Å². The van der Waals surface area contributed by atoms with Crippen LogP contribution in [0.4, 0.5) is 17.1 Å². The molecular formula is C62H47NS. The number of anilines is 3. The van der Waals surface area contributed by atoms with E-state index in [4.69, 9.17) is 0 Å². The van der Waals surface area contributed by atoms with Crippen molar-refractivity contribution in [2.24, 2.45) is 5.92 Å². The van der Waals surface area contributed by atoms with Crippen LogP contribution >= 0.6 is 11.3 Å². The van der Waals surface area contributed by atoms with Crippen molar-refractivity contribution >= 4 is 64.9 Å². The Bertz CT molecular complexity index is 3540. The second-order valence-electron chi connectivity index (χ2n) is 18.1. The van der Waals surface area contributed by atoms with Gasteiger partial charge in [0.15, 0.2) is 0 Å². The summed E-state index contributed by atoms with van der Waals surface area (Å²) in [6.45, 7) is 7.06. The van der Waals surface area contributed by atoms with Crippen LogP contribution in [0.5, 0.6) is 0 Å². The molecule has 64 heavy (non-hydrogen) atoms. The van der Waals surface area contributed by atoms with E-state index in [1.165, 1.54) is 97.7 Å². The summed E-state index contributed by atoms with van der Waals surface area (Å²) in [5.41, 5.74) is 18.7. The standard InChI is InChI=1S/C62H47NS/c1-40-18-12-21-42(38-40)45-28-14-19-41-20-15-30-50(59(41)45)47-24-5-9-35-56(47)63(44-23-13-22-43(39-44)46-29-16-32-52-49-26-7-11-37-58(49)64-61(46)52)57-36-10-6-25-48(57)51-31-17-34-55-60(51)53-27-4-8-33-54(53)62(55,2)3/h4-37,39-40H,38H2,1-3H3. The van der Waals surface area contributed by atoms with Gasteiger partial charge in [-0.3, -0.25) is 0 Å². The molecule has 2 aliphatic carbocycles. The van der Waals surface area contributed by atoms with Crippen LogP contribution in [0.1, 0.15) is 43.9 Å². The van der Waals surface area contributed by atoms with Crippen molar-refractivity contribution in [2.45, 2.75) is 32.6 Å². The lowest BCUT2D eigenvalue weighted by molar-refractivity contribution is 0.660. The van der Waals surface area contributed by atoms with Gasteiger partial charge in [-0.25, -0.2) is 0 Å². The van der Waals surface area contributed by atoms with Crippen LogP contribution in [0, 0.1) is 5.92 Å². The highest BCUT2D eigenvalue weighted by Gasteiger charge is 2.37. The first kappa shape index (κ1) is 38.4. The van der Waals surface area contributed by atoms with E-state index >= 15 is 0 Å². The van der Waals surface area contributed by atoms with Crippen molar-refractivity contribution in [3.63, 3.8) is 0 Å². The third kappa shape index (κ3) is 6.12. The maximum atomic E-state index is 2.54. The normalized spacial score (nSPS) is 15.0. The van der Waals surface area contributed by atoms with Gasteiger partial charge < -0.3 is 4.90 Å². The van der Waals surface area contributed by atoms with Crippen LogP contribution in [0.15, 0.2) is 212 Å². The minimum atomic E-state index is -0.113. The third-order valence-electron chi connectivity index (χ3n) is 13.8. The molecule has 306 valence electrons. The van der Waals surface area contributed by atoms with Gasteiger partial charge in [-0.05, 0) is 109 Å². The van der Waals surface area contributed by atoms with E-state index in [9.17, 15) is 0 Å². The van der Waals surface area contributed by atoms with Gasteiger partial charge in [-0.15, -0.1) is 11.3 Å². The Morgan fingerprint density at radius 1 is 0.516 bits per heavy atom. The zero-order valence-electron chi connectivity index (χ0n) is 36.3. The lowest BCUT2D eigenvalue weighted by Gasteiger charge is -2.31. The molecule has 0 saturated carbocycles. The molecule has 10 aromatic rings. The van der Waals surface area contributed by atoms with Crippen LogP contribution in [-0.4, -0.2) is 0 Å². The first-order valence-electron chi connectivity index (χ1n) is 22.6. The zero-order valence-corrected chi connectivity index (χ0v) is 37.2. The molecule has 12 rings (SSSR count). The predicted octanol–water partition coefficient (Wildman–Crippen LogP) is 18.0. The lowest BCUT2D eigenvalue weighted by atomic mass is 9.82. The van der Waals surface area contributed by atoms with Crippen LogP contribution < -0.4 is 4.90 Å². The number of thiophene rings is 1. The molecule has 1 aromatic heterocycles. The molecule has 9 aromatic carbocycles. The molecule has 1 atom stereocenters. The molecule has 0 fully saturated rings. The van der Waals surface area contributed by atoms with Gasteiger partial charge in [0.1, 0.15) is 0 Å². The van der Waals surface area contributed by atoms with E-state index in [0.29, 0.717) is 5.92 Å². The molecule has 1 unspecified atom stereocenters. The van der Waals surface area contributed by atoms with Gasteiger partial charge in [-0.1, -0.05) is 203 Å². The first-order chi connectivity index (χ1) is 31.4. The smallest absolute Gasteiger partial charge is 0.0540 e. The van der Waals surface area contributed by atoms with Crippen molar-refractivity contribution in [3.8, 4) is 44.5 Å². The highest BCUT2D eigenvalue weighted by atomic mass is 32.1. The van der Waals surface area contributed by atoms with Crippen molar-refractivity contribution < 1.29 is 0 Å². The molecule has 0 N–H and O–H groups in total. The second kappa shape index (κ2) is 15.2. The summed E-state index contributed by atoms with van der Waals surface area (Å²) in [4.78, 5) is 2.54. The quantitative estimate of drug-likeness (QED) is 0.155. The number of hydrogen-bond donors (Lipinski definition) is 0.